The van der Waals surface area contributed by atoms with Crippen molar-refractivity contribution in [1.82, 2.24) is 9.29 Å². The lowest BCUT2D eigenvalue weighted by Crippen LogP contribution is -2.40. The number of amides is 1. The Balaban J connectivity index is 1.47. The zero-order valence-electron chi connectivity index (χ0n) is 17.5. The van der Waals surface area contributed by atoms with E-state index in [4.69, 9.17) is 9.47 Å². The first-order valence-electron chi connectivity index (χ1n) is 10.0. The second-order valence-corrected chi connectivity index (χ2v) is 9.99. The number of carbonyl (C=O) groups excluding carboxylic acids is 1. The summed E-state index contributed by atoms with van der Waals surface area (Å²) in [4.78, 5) is 17.2. The Kier molecular flexibility index (Phi) is 6.95. The Labute approximate surface area is 191 Å². The van der Waals surface area contributed by atoms with E-state index in [-0.39, 0.29) is 16.6 Å². The summed E-state index contributed by atoms with van der Waals surface area (Å²) < 4.78 is 37.8. The van der Waals surface area contributed by atoms with Gasteiger partial charge >= 0.3 is 0 Å². The number of hydrogen-bond acceptors (Lipinski definition) is 7. The smallest absolute Gasteiger partial charge is 0.243 e. The van der Waals surface area contributed by atoms with E-state index < -0.39 is 10.0 Å². The Hall–Kier alpha value is -2.66. The van der Waals surface area contributed by atoms with E-state index in [0.717, 1.165) is 15.9 Å². The predicted molar refractivity (Wildman–Crippen MR) is 124 cm³/mol. The summed E-state index contributed by atoms with van der Waals surface area (Å²) in [6.45, 7) is 1.31. The van der Waals surface area contributed by atoms with Crippen LogP contribution in [0, 0.1) is 0 Å². The normalized spacial score (nSPS) is 14.9. The van der Waals surface area contributed by atoms with E-state index >= 15 is 0 Å². The molecule has 0 saturated carbocycles. The quantitative estimate of drug-likeness (QED) is 0.527. The number of fused-ring (bicyclic) bond motifs is 1. The second-order valence-electron chi connectivity index (χ2n) is 7.06. The monoisotopic (exact) mass is 473 g/mol. The molecule has 0 radical (unpaired) electrons. The number of thioether (sulfide) groups is 1. The number of hydrogen-bond donors (Lipinski definition) is 1. The summed E-state index contributed by atoms with van der Waals surface area (Å²) >= 11 is 1.30. The molecule has 0 unspecified atom stereocenters. The molecule has 2 heterocycles. The standard InChI is InChI=1S/C22H23N3O5S2/c1-29-20-8-7-17(32(27,28)25-10-12-30-13-11-25)14-19(20)23-21(26)15-31-22-9-6-16-4-2-3-5-18(16)24-22/h2-9,14H,10-13,15H2,1H3,(H,23,26). The topological polar surface area (TPSA) is 97.8 Å². The molecule has 1 N–H and O–H groups in total. The van der Waals surface area contributed by atoms with Crippen molar-refractivity contribution in [3.8, 4) is 5.75 Å². The fraction of sp³-hybridized carbons (Fsp3) is 0.273. The average molecular weight is 474 g/mol. The van der Waals surface area contributed by atoms with Crippen molar-refractivity contribution in [3.63, 3.8) is 0 Å². The van der Waals surface area contributed by atoms with Crippen LogP contribution >= 0.6 is 11.8 Å². The number of anilines is 1. The summed E-state index contributed by atoms with van der Waals surface area (Å²) in [5.41, 5.74) is 1.17. The molecule has 1 aliphatic heterocycles. The van der Waals surface area contributed by atoms with Crippen molar-refractivity contribution >= 4 is 44.3 Å². The van der Waals surface area contributed by atoms with Crippen LogP contribution in [0.1, 0.15) is 0 Å². The van der Waals surface area contributed by atoms with E-state index in [1.807, 2.05) is 36.4 Å². The van der Waals surface area contributed by atoms with Gasteiger partial charge in [-0.05, 0) is 30.3 Å². The average Bonchev–Trinajstić information content (AvgIpc) is 2.83. The van der Waals surface area contributed by atoms with Gasteiger partial charge in [0.05, 0.1) is 47.2 Å². The first-order chi connectivity index (χ1) is 15.5. The Morgan fingerprint density at radius 2 is 1.94 bits per heavy atom. The van der Waals surface area contributed by atoms with Crippen LogP contribution in [0.2, 0.25) is 0 Å². The van der Waals surface area contributed by atoms with E-state index in [9.17, 15) is 13.2 Å². The highest BCUT2D eigenvalue weighted by Gasteiger charge is 2.27. The summed E-state index contributed by atoms with van der Waals surface area (Å²) in [6.07, 6.45) is 0. The predicted octanol–water partition coefficient (Wildman–Crippen LogP) is 3.00. The summed E-state index contributed by atoms with van der Waals surface area (Å²) in [5.74, 6) is 0.215. The van der Waals surface area contributed by atoms with Crippen LogP contribution in [-0.2, 0) is 19.6 Å². The summed E-state index contributed by atoms with van der Waals surface area (Å²) in [5, 5.41) is 4.53. The van der Waals surface area contributed by atoms with Crippen LogP contribution in [0.5, 0.6) is 5.75 Å². The van der Waals surface area contributed by atoms with E-state index in [2.05, 4.69) is 10.3 Å². The number of morpholine rings is 1. The molecular formula is C22H23N3O5S2. The molecule has 4 rings (SSSR count). The van der Waals surface area contributed by atoms with Gasteiger partial charge in [-0.15, -0.1) is 0 Å². The van der Waals surface area contributed by atoms with Crippen molar-refractivity contribution in [2.45, 2.75) is 9.92 Å². The number of nitrogens with one attached hydrogen (secondary N) is 1. The van der Waals surface area contributed by atoms with Gasteiger partial charge in [-0.25, -0.2) is 13.4 Å². The second kappa shape index (κ2) is 9.86. The number of sulfonamides is 1. The molecule has 1 fully saturated rings. The minimum atomic E-state index is -3.69. The van der Waals surface area contributed by atoms with Crippen molar-refractivity contribution in [1.29, 1.82) is 0 Å². The number of carbonyl (C=O) groups is 1. The summed E-state index contributed by atoms with van der Waals surface area (Å²) in [6, 6.07) is 16.1. The highest BCUT2D eigenvalue weighted by Crippen LogP contribution is 2.30. The molecule has 3 aromatic rings. The van der Waals surface area contributed by atoms with Gasteiger partial charge in [-0.3, -0.25) is 4.79 Å². The lowest BCUT2D eigenvalue weighted by atomic mass is 10.2. The molecule has 2 aromatic carbocycles. The van der Waals surface area contributed by atoms with Gasteiger partial charge < -0.3 is 14.8 Å². The molecule has 0 spiro atoms. The maximum atomic E-state index is 12.9. The third-order valence-electron chi connectivity index (χ3n) is 4.98. The SMILES string of the molecule is COc1ccc(S(=O)(=O)N2CCOCC2)cc1NC(=O)CSc1ccc2ccccc2n1. The first kappa shape index (κ1) is 22.5. The molecule has 1 aliphatic rings. The Morgan fingerprint density at radius 3 is 2.72 bits per heavy atom. The van der Waals surface area contributed by atoms with Crippen LogP contribution in [0.25, 0.3) is 10.9 Å². The third kappa shape index (κ3) is 5.04. The minimum absolute atomic E-state index is 0.0966. The van der Waals surface area contributed by atoms with Crippen molar-refractivity contribution in [3.05, 3.63) is 54.6 Å². The van der Waals surface area contributed by atoms with Gasteiger partial charge in [0.15, 0.2) is 0 Å². The number of methoxy groups -OCH3 is 1. The van der Waals surface area contributed by atoms with E-state index in [0.29, 0.717) is 37.7 Å². The van der Waals surface area contributed by atoms with Crippen molar-refractivity contribution in [2.24, 2.45) is 0 Å². The van der Waals surface area contributed by atoms with E-state index in [1.54, 1.807) is 6.07 Å². The number of pyridine rings is 1. The maximum absolute atomic E-state index is 12.9. The summed E-state index contributed by atoms with van der Waals surface area (Å²) in [7, 11) is -2.22. The van der Waals surface area contributed by atoms with Gasteiger partial charge in [0.2, 0.25) is 15.9 Å². The first-order valence-corrected chi connectivity index (χ1v) is 12.4. The highest BCUT2D eigenvalue weighted by molar-refractivity contribution is 7.99. The molecule has 32 heavy (non-hydrogen) atoms. The van der Waals surface area contributed by atoms with Crippen LogP contribution in [-0.4, -0.2) is 62.8 Å². The molecule has 168 valence electrons. The number of para-hydroxylation sites is 1. The van der Waals surface area contributed by atoms with Gasteiger partial charge in [-0.2, -0.15) is 4.31 Å². The molecule has 0 atom stereocenters. The largest absolute Gasteiger partial charge is 0.495 e. The molecule has 0 aliphatic carbocycles. The molecule has 10 heteroatoms. The van der Waals surface area contributed by atoms with Gasteiger partial charge in [0, 0.05) is 18.5 Å². The molecule has 8 nitrogen and oxygen atoms in total. The third-order valence-corrected chi connectivity index (χ3v) is 7.80. The lowest BCUT2D eigenvalue weighted by Gasteiger charge is -2.26. The zero-order chi connectivity index (χ0) is 22.6. The molecular weight excluding hydrogens is 450 g/mol. The fourth-order valence-electron chi connectivity index (χ4n) is 3.33. The van der Waals surface area contributed by atoms with Crippen LogP contribution < -0.4 is 10.1 Å². The molecule has 1 saturated heterocycles. The van der Waals surface area contributed by atoms with Crippen LogP contribution in [0.4, 0.5) is 5.69 Å². The minimum Gasteiger partial charge on any atom is -0.495 e. The number of aromatic nitrogens is 1. The number of nitrogens with zero attached hydrogens (tertiary/aromatic N) is 2. The number of rotatable bonds is 7. The highest BCUT2D eigenvalue weighted by atomic mass is 32.2. The molecule has 1 aromatic heterocycles. The fourth-order valence-corrected chi connectivity index (χ4v) is 5.45. The lowest BCUT2D eigenvalue weighted by molar-refractivity contribution is -0.113. The number of benzene rings is 2. The Bertz CT molecular complexity index is 1230. The molecule has 0 bridgehead atoms. The van der Waals surface area contributed by atoms with Gasteiger partial charge in [-0.1, -0.05) is 36.0 Å². The van der Waals surface area contributed by atoms with Crippen molar-refractivity contribution < 1.29 is 22.7 Å². The van der Waals surface area contributed by atoms with E-state index in [1.165, 1.54) is 35.3 Å². The number of ether oxygens (including phenoxy) is 2. The zero-order valence-corrected chi connectivity index (χ0v) is 19.1. The molecule has 1 amide bonds. The maximum Gasteiger partial charge on any atom is 0.243 e. The van der Waals surface area contributed by atoms with Crippen LogP contribution in [0.3, 0.4) is 0 Å². The van der Waals surface area contributed by atoms with Gasteiger partial charge in [0.1, 0.15) is 5.75 Å². The van der Waals surface area contributed by atoms with Crippen LogP contribution in [0.15, 0.2) is 64.5 Å². The van der Waals surface area contributed by atoms with Crippen molar-refractivity contribution in [2.75, 3.05) is 44.5 Å². The van der Waals surface area contributed by atoms with Gasteiger partial charge in [0.25, 0.3) is 0 Å². The Morgan fingerprint density at radius 1 is 1.16 bits per heavy atom.